The van der Waals surface area contributed by atoms with Crippen LogP contribution < -0.4 is 5.73 Å². The van der Waals surface area contributed by atoms with E-state index in [9.17, 15) is 8.78 Å². The topological polar surface area (TPSA) is 47.1 Å². The van der Waals surface area contributed by atoms with Gasteiger partial charge < -0.3 is 15.2 Å². The van der Waals surface area contributed by atoms with Crippen LogP contribution in [0.2, 0.25) is 0 Å². The summed E-state index contributed by atoms with van der Waals surface area (Å²) in [5, 5.41) is 0. The maximum absolute atomic E-state index is 13.8. The predicted molar refractivity (Wildman–Crippen MR) is 71.8 cm³/mol. The van der Waals surface area contributed by atoms with Crippen LogP contribution in [0.5, 0.6) is 0 Å². The summed E-state index contributed by atoms with van der Waals surface area (Å²) in [6, 6.07) is 2.51. The molecule has 1 heterocycles. The number of aromatic nitrogens is 2. The quantitative estimate of drug-likeness (QED) is 0.846. The Kier molecular flexibility index (Phi) is 3.99. The van der Waals surface area contributed by atoms with Crippen LogP contribution in [0.15, 0.2) is 12.1 Å². The van der Waals surface area contributed by atoms with E-state index >= 15 is 0 Å². The highest BCUT2D eigenvalue weighted by Gasteiger charge is 2.15. The molecule has 0 saturated carbocycles. The molecular weight excluding hydrogens is 250 g/mol. The van der Waals surface area contributed by atoms with Crippen molar-refractivity contribution in [3.05, 3.63) is 23.8 Å². The van der Waals surface area contributed by atoms with Crippen molar-refractivity contribution >= 4 is 17.0 Å². The van der Waals surface area contributed by atoms with Crippen LogP contribution in [0.3, 0.4) is 0 Å². The molecule has 0 saturated heterocycles. The van der Waals surface area contributed by atoms with E-state index in [1.54, 1.807) is 4.57 Å². The Morgan fingerprint density at radius 2 is 2.00 bits per heavy atom. The molecule has 0 aliphatic heterocycles. The lowest BCUT2D eigenvalue weighted by atomic mass is 10.2. The molecule has 1 aromatic carbocycles. The van der Waals surface area contributed by atoms with Gasteiger partial charge in [0, 0.05) is 6.54 Å². The SMILES string of the molecule is CN(C)CCCCn1c(N)nc2ccc(F)c(F)c21. The Balaban J connectivity index is 2.22. The monoisotopic (exact) mass is 268 g/mol. The molecule has 19 heavy (non-hydrogen) atoms. The maximum Gasteiger partial charge on any atom is 0.201 e. The summed E-state index contributed by atoms with van der Waals surface area (Å²) in [5.41, 5.74) is 6.31. The summed E-state index contributed by atoms with van der Waals surface area (Å²) >= 11 is 0. The molecule has 0 atom stereocenters. The summed E-state index contributed by atoms with van der Waals surface area (Å²) in [7, 11) is 3.99. The van der Waals surface area contributed by atoms with Gasteiger partial charge in [0.15, 0.2) is 11.6 Å². The van der Waals surface area contributed by atoms with Gasteiger partial charge in [0.1, 0.15) is 5.52 Å². The van der Waals surface area contributed by atoms with Crippen molar-refractivity contribution in [1.82, 2.24) is 14.5 Å². The lowest BCUT2D eigenvalue weighted by Gasteiger charge is -2.10. The fraction of sp³-hybridized carbons (Fsp3) is 0.462. The second-order valence-electron chi connectivity index (χ2n) is 4.86. The van der Waals surface area contributed by atoms with Crippen LogP contribution in [0.4, 0.5) is 14.7 Å². The Labute approximate surface area is 110 Å². The number of nitrogens with zero attached hydrogens (tertiary/aromatic N) is 3. The second-order valence-corrected chi connectivity index (χ2v) is 4.86. The highest BCUT2D eigenvalue weighted by Crippen LogP contribution is 2.23. The van der Waals surface area contributed by atoms with Gasteiger partial charge in [-0.15, -0.1) is 0 Å². The van der Waals surface area contributed by atoms with Gasteiger partial charge in [-0.1, -0.05) is 0 Å². The lowest BCUT2D eigenvalue weighted by Crippen LogP contribution is -2.14. The fourth-order valence-electron chi connectivity index (χ4n) is 2.10. The van der Waals surface area contributed by atoms with Crippen molar-refractivity contribution in [1.29, 1.82) is 0 Å². The predicted octanol–water partition coefficient (Wildman–Crippen LogP) is 2.24. The molecule has 0 spiro atoms. The smallest absolute Gasteiger partial charge is 0.201 e. The number of nitrogen functional groups attached to an aromatic ring is 1. The minimum atomic E-state index is -0.880. The minimum Gasteiger partial charge on any atom is -0.369 e. The zero-order valence-corrected chi connectivity index (χ0v) is 11.2. The van der Waals surface area contributed by atoms with Crippen molar-refractivity contribution < 1.29 is 8.78 Å². The molecule has 6 heteroatoms. The molecule has 0 bridgehead atoms. The molecule has 1 aromatic heterocycles. The first-order valence-electron chi connectivity index (χ1n) is 6.25. The van der Waals surface area contributed by atoms with Gasteiger partial charge in [-0.3, -0.25) is 0 Å². The third-order valence-corrected chi connectivity index (χ3v) is 3.07. The molecule has 0 amide bonds. The number of benzene rings is 1. The number of anilines is 1. The van der Waals surface area contributed by atoms with Gasteiger partial charge >= 0.3 is 0 Å². The Hall–Kier alpha value is -1.69. The van der Waals surface area contributed by atoms with Gasteiger partial charge in [0.25, 0.3) is 0 Å². The fourth-order valence-corrected chi connectivity index (χ4v) is 2.10. The van der Waals surface area contributed by atoms with E-state index < -0.39 is 11.6 Å². The van der Waals surface area contributed by atoms with Crippen molar-refractivity contribution in [3.63, 3.8) is 0 Å². The Morgan fingerprint density at radius 3 is 2.68 bits per heavy atom. The Morgan fingerprint density at radius 1 is 1.26 bits per heavy atom. The van der Waals surface area contributed by atoms with Crippen molar-refractivity contribution in [2.24, 2.45) is 0 Å². The van der Waals surface area contributed by atoms with Gasteiger partial charge in [0.05, 0.1) is 5.52 Å². The number of unbranched alkanes of at least 4 members (excludes halogenated alkanes) is 1. The average molecular weight is 268 g/mol. The molecule has 0 fully saturated rings. The first kappa shape index (κ1) is 13.7. The van der Waals surface area contributed by atoms with Crippen LogP contribution in [-0.2, 0) is 6.54 Å². The number of nitrogens with two attached hydrogens (primary N) is 1. The second kappa shape index (κ2) is 5.52. The largest absolute Gasteiger partial charge is 0.369 e. The summed E-state index contributed by atoms with van der Waals surface area (Å²) in [6.07, 6.45) is 1.80. The number of hydrogen-bond donors (Lipinski definition) is 1. The number of hydrogen-bond acceptors (Lipinski definition) is 3. The average Bonchev–Trinajstić information content (AvgIpc) is 2.66. The van der Waals surface area contributed by atoms with Gasteiger partial charge in [0.2, 0.25) is 5.95 Å². The number of aryl methyl sites for hydroxylation is 1. The zero-order chi connectivity index (χ0) is 14.0. The number of imidazole rings is 1. The van der Waals surface area contributed by atoms with Crippen LogP contribution >= 0.6 is 0 Å². The van der Waals surface area contributed by atoms with E-state index in [2.05, 4.69) is 9.88 Å². The molecule has 0 radical (unpaired) electrons. The third kappa shape index (κ3) is 2.84. The van der Waals surface area contributed by atoms with E-state index in [0.29, 0.717) is 12.1 Å². The number of halogens is 2. The summed E-state index contributed by atoms with van der Waals surface area (Å²) in [4.78, 5) is 6.13. The van der Waals surface area contributed by atoms with Gasteiger partial charge in [-0.25, -0.2) is 13.8 Å². The van der Waals surface area contributed by atoms with Crippen molar-refractivity contribution in [3.8, 4) is 0 Å². The molecule has 2 aromatic rings. The molecule has 104 valence electrons. The summed E-state index contributed by atoms with van der Waals surface area (Å²) < 4.78 is 28.6. The molecule has 0 aliphatic rings. The molecule has 2 N–H and O–H groups in total. The van der Waals surface area contributed by atoms with Crippen molar-refractivity contribution in [2.45, 2.75) is 19.4 Å². The van der Waals surface area contributed by atoms with E-state index in [1.807, 2.05) is 14.1 Å². The highest BCUT2D eigenvalue weighted by molar-refractivity contribution is 5.79. The normalized spacial score (nSPS) is 11.6. The third-order valence-electron chi connectivity index (χ3n) is 3.07. The van der Waals surface area contributed by atoms with Crippen LogP contribution in [0.25, 0.3) is 11.0 Å². The van der Waals surface area contributed by atoms with Crippen LogP contribution in [0, 0.1) is 11.6 Å². The lowest BCUT2D eigenvalue weighted by molar-refractivity contribution is 0.388. The van der Waals surface area contributed by atoms with E-state index in [-0.39, 0.29) is 11.5 Å². The molecule has 2 rings (SSSR count). The summed E-state index contributed by atoms with van der Waals surface area (Å²) in [6.45, 7) is 1.49. The number of rotatable bonds is 5. The standard InChI is InChI=1S/C13H18F2N4/c1-18(2)7-3-4-8-19-12-10(17-13(19)16)6-5-9(14)11(12)15/h5-6H,3-4,7-8H2,1-2H3,(H2,16,17). The maximum atomic E-state index is 13.8. The molecule has 0 aliphatic carbocycles. The van der Waals surface area contributed by atoms with Crippen LogP contribution in [0.1, 0.15) is 12.8 Å². The first-order valence-corrected chi connectivity index (χ1v) is 6.25. The minimum absolute atomic E-state index is 0.155. The van der Waals surface area contributed by atoms with E-state index in [1.165, 1.54) is 6.07 Å². The van der Waals surface area contributed by atoms with E-state index in [4.69, 9.17) is 5.73 Å². The van der Waals surface area contributed by atoms with Gasteiger partial charge in [-0.2, -0.15) is 0 Å². The van der Waals surface area contributed by atoms with Crippen molar-refractivity contribution in [2.75, 3.05) is 26.4 Å². The Bertz CT molecular complexity index is 578. The zero-order valence-electron chi connectivity index (χ0n) is 11.2. The molecule has 4 nitrogen and oxygen atoms in total. The molecular formula is C13H18F2N4. The van der Waals surface area contributed by atoms with E-state index in [0.717, 1.165) is 25.5 Å². The van der Waals surface area contributed by atoms with Crippen LogP contribution in [-0.4, -0.2) is 35.1 Å². The number of fused-ring (bicyclic) bond motifs is 1. The highest BCUT2D eigenvalue weighted by atomic mass is 19.2. The molecule has 0 unspecified atom stereocenters. The summed E-state index contributed by atoms with van der Waals surface area (Å²) in [5.74, 6) is -1.53. The van der Waals surface area contributed by atoms with Gasteiger partial charge in [-0.05, 0) is 45.6 Å². The first-order chi connectivity index (χ1) is 9.00.